The molecular weight excluding hydrogens is 418 g/mol. The third kappa shape index (κ3) is 5.80. The Balaban J connectivity index is 1.84. The van der Waals surface area contributed by atoms with Crippen molar-refractivity contribution in [1.29, 1.82) is 0 Å². The van der Waals surface area contributed by atoms with Gasteiger partial charge in [0.15, 0.2) is 0 Å². The fourth-order valence-corrected chi connectivity index (χ4v) is 2.98. The van der Waals surface area contributed by atoms with Crippen LogP contribution in [0.25, 0.3) is 10.9 Å². The molecule has 3 rings (SSSR count). The van der Waals surface area contributed by atoms with Crippen LogP contribution in [0.2, 0.25) is 0 Å². The average Bonchev–Trinajstić information content (AvgIpc) is 2.64. The number of hydrogen-bond donors (Lipinski definition) is 1. The number of alkyl halides is 3. The molecular formula is C21H19F4N3O3. The standard InChI is InChI=1S/C21H19F4N3O3/c1-12(2)9-18-26-17-11-14(22)5-8-16(17)20(30)28(18)27-19(29)10-13-3-6-15(7-4-13)31-21(23,24)25/h3-8,11-12H,9-10H2,1-2H3,(H,27,29). The number of fused-ring (bicyclic) bond motifs is 1. The molecule has 0 spiro atoms. The first-order valence-electron chi connectivity index (χ1n) is 9.37. The van der Waals surface area contributed by atoms with Gasteiger partial charge in [-0.1, -0.05) is 26.0 Å². The summed E-state index contributed by atoms with van der Waals surface area (Å²) >= 11 is 0. The molecule has 31 heavy (non-hydrogen) atoms. The van der Waals surface area contributed by atoms with E-state index in [1.54, 1.807) is 0 Å². The molecule has 6 nitrogen and oxygen atoms in total. The molecule has 0 atom stereocenters. The van der Waals surface area contributed by atoms with Crippen LogP contribution in [-0.2, 0) is 17.6 Å². The summed E-state index contributed by atoms with van der Waals surface area (Å²) in [4.78, 5) is 29.7. The number of nitrogens with zero attached hydrogens (tertiary/aromatic N) is 2. The number of aromatic nitrogens is 2. The van der Waals surface area contributed by atoms with Crippen molar-refractivity contribution in [2.24, 2.45) is 5.92 Å². The Morgan fingerprint density at radius 3 is 2.45 bits per heavy atom. The number of ether oxygens (including phenoxy) is 1. The van der Waals surface area contributed by atoms with E-state index in [9.17, 15) is 27.2 Å². The van der Waals surface area contributed by atoms with E-state index in [0.29, 0.717) is 12.0 Å². The van der Waals surface area contributed by atoms with Crippen molar-refractivity contribution < 1.29 is 27.1 Å². The van der Waals surface area contributed by atoms with Gasteiger partial charge in [-0.05, 0) is 35.7 Å². The van der Waals surface area contributed by atoms with Gasteiger partial charge in [0, 0.05) is 12.5 Å². The van der Waals surface area contributed by atoms with E-state index in [1.165, 1.54) is 18.2 Å². The molecule has 10 heteroatoms. The monoisotopic (exact) mass is 437 g/mol. The smallest absolute Gasteiger partial charge is 0.406 e. The Labute approximate surface area is 174 Å². The van der Waals surface area contributed by atoms with E-state index in [2.05, 4.69) is 15.1 Å². The third-order valence-electron chi connectivity index (χ3n) is 4.25. The third-order valence-corrected chi connectivity index (χ3v) is 4.25. The van der Waals surface area contributed by atoms with Crippen LogP contribution in [0.3, 0.4) is 0 Å². The van der Waals surface area contributed by atoms with Crippen molar-refractivity contribution in [3.8, 4) is 5.75 Å². The summed E-state index contributed by atoms with van der Waals surface area (Å²) in [7, 11) is 0. The number of carbonyl (C=O) groups excluding carboxylic acids is 1. The highest BCUT2D eigenvalue weighted by atomic mass is 19.4. The van der Waals surface area contributed by atoms with E-state index in [1.807, 2.05) is 13.8 Å². The lowest BCUT2D eigenvalue weighted by molar-refractivity contribution is -0.274. The minimum Gasteiger partial charge on any atom is -0.406 e. The second-order valence-corrected chi connectivity index (χ2v) is 7.33. The summed E-state index contributed by atoms with van der Waals surface area (Å²) in [5.41, 5.74) is 2.54. The first-order valence-corrected chi connectivity index (χ1v) is 9.37. The topological polar surface area (TPSA) is 73.2 Å². The van der Waals surface area contributed by atoms with Crippen molar-refractivity contribution in [2.75, 3.05) is 5.43 Å². The Hall–Kier alpha value is -3.43. The predicted molar refractivity (Wildman–Crippen MR) is 106 cm³/mol. The highest BCUT2D eigenvalue weighted by molar-refractivity contribution is 5.86. The SMILES string of the molecule is CC(C)Cc1nc2cc(F)ccc2c(=O)n1NC(=O)Cc1ccc(OC(F)(F)F)cc1. The predicted octanol–water partition coefficient (Wildman–Crippen LogP) is 3.95. The highest BCUT2D eigenvalue weighted by Crippen LogP contribution is 2.23. The second-order valence-electron chi connectivity index (χ2n) is 7.33. The molecule has 2 aromatic carbocycles. The van der Waals surface area contributed by atoms with Crippen LogP contribution in [0.5, 0.6) is 5.75 Å². The summed E-state index contributed by atoms with van der Waals surface area (Å²) in [6.07, 6.45) is -4.65. The summed E-state index contributed by atoms with van der Waals surface area (Å²) in [5, 5.41) is 0.142. The second kappa shape index (κ2) is 8.75. The Morgan fingerprint density at radius 2 is 1.84 bits per heavy atom. The van der Waals surface area contributed by atoms with Gasteiger partial charge in [0.2, 0.25) is 5.91 Å². The van der Waals surface area contributed by atoms with E-state index in [4.69, 9.17) is 0 Å². The van der Waals surface area contributed by atoms with E-state index >= 15 is 0 Å². The minimum absolute atomic E-state index is 0.0993. The van der Waals surface area contributed by atoms with Gasteiger partial charge in [0.1, 0.15) is 17.4 Å². The quantitative estimate of drug-likeness (QED) is 0.593. The molecule has 1 heterocycles. The normalized spacial score (nSPS) is 11.7. The van der Waals surface area contributed by atoms with Crippen molar-refractivity contribution in [1.82, 2.24) is 9.66 Å². The number of halogens is 4. The first kappa shape index (κ1) is 22.3. The molecule has 164 valence electrons. The molecule has 0 aliphatic carbocycles. The van der Waals surface area contributed by atoms with Gasteiger partial charge in [-0.2, -0.15) is 0 Å². The van der Waals surface area contributed by atoms with E-state index in [0.717, 1.165) is 28.9 Å². The van der Waals surface area contributed by atoms with Crippen LogP contribution >= 0.6 is 0 Å². The van der Waals surface area contributed by atoms with Crippen molar-refractivity contribution in [3.63, 3.8) is 0 Å². The molecule has 0 aliphatic rings. The number of nitrogens with one attached hydrogen (secondary N) is 1. The Morgan fingerprint density at radius 1 is 1.16 bits per heavy atom. The van der Waals surface area contributed by atoms with Crippen molar-refractivity contribution in [3.05, 3.63) is 70.0 Å². The zero-order chi connectivity index (χ0) is 22.8. The largest absolute Gasteiger partial charge is 0.573 e. The fourth-order valence-electron chi connectivity index (χ4n) is 2.98. The van der Waals surface area contributed by atoms with Gasteiger partial charge in [0.05, 0.1) is 17.3 Å². The Bertz CT molecular complexity index is 1160. The van der Waals surface area contributed by atoms with Crippen molar-refractivity contribution >= 4 is 16.8 Å². The van der Waals surface area contributed by atoms with Gasteiger partial charge >= 0.3 is 6.36 Å². The van der Waals surface area contributed by atoms with Crippen LogP contribution in [-0.4, -0.2) is 21.9 Å². The molecule has 0 saturated heterocycles. The van der Waals surface area contributed by atoms with Gasteiger partial charge < -0.3 is 4.74 Å². The van der Waals surface area contributed by atoms with Gasteiger partial charge in [-0.15, -0.1) is 13.2 Å². The maximum absolute atomic E-state index is 13.5. The first-order chi connectivity index (χ1) is 14.5. The minimum atomic E-state index is -4.81. The van der Waals surface area contributed by atoms with Gasteiger partial charge in [-0.25, -0.2) is 14.1 Å². The number of hydrogen-bond acceptors (Lipinski definition) is 4. The van der Waals surface area contributed by atoms with Crippen LogP contribution in [0, 0.1) is 11.7 Å². The molecule has 0 aliphatic heterocycles. The number of amides is 1. The summed E-state index contributed by atoms with van der Waals surface area (Å²) in [5.74, 6) is -1.14. The van der Waals surface area contributed by atoms with Crippen LogP contribution < -0.4 is 15.7 Å². The lowest BCUT2D eigenvalue weighted by atomic mass is 10.1. The van der Waals surface area contributed by atoms with Gasteiger partial charge in [-0.3, -0.25) is 15.0 Å². The lowest BCUT2D eigenvalue weighted by Gasteiger charge is -2.16. The van der Waals surface area contributed by atoms with Crippen molar-refractivity contribution in [2.45, 2.75) is 33.1 Å². The molecule has 0 unspecified atom stereocenters. The molecule has 0 saturated carbocycles. The van der Waals surface area contributed by atoms with Gasteiger partial charge in [0.25, 0.3) is 5.56 Å². The summed E-state index contributed by atoms with van der Waals surface area (Å²) in [6.45, 7) is 3.80. The lowest BCUT2D eigenvalue weighted by Crippen LogP contribution is -2.37. The van der Waals surface area contributed by atoms with Crippen LogP contribution in [0.15, 0.2) is 47.3 Å². The maximum atomic E-state index is 13.5. The van der Waals surface area contributed by atoms with E-state index in [-0.39, 0.29) is 29.1 Å². The molecule has 1 amide bonds. The summed E-state index contributed by atoms with van der Waals surface area (Å²) < 4.78 is 55.1. The Kier molecular flexibility index (Phi) is 6.28. The maximum Gasteiger partial charge on any atom is 0.573 e. The molecule has 1 aromatic heterocycles. The number of benzene rings is 2. The molecule has 1 N–H and O–H groups in total. The molecule has 0 radical (unpaired) electrons. The number of rotatable bonds is 6. The zero-order valence-electron chi connectivity index (χ0n) is 16.7. The molecule has 0 bridgehead atoms. The number of carbonyl (C=O) groups is 1. The fraction of sp³-hybridized carbons (Fsp3) is 0.286. The molecule has 3 aromatic rings. The highest BCUT2D eigenvalue weighted by Gasteiger charge is 2.31. The van der Waals surface area contributed by atoms with Crippen LogP contribution in [0.1, 0.15) is 25.2 Å². The average molecular weight is 437 g/mol. The van der Waals surface area contributed by atoms with Crippen LogP contribution in [0.4, 0.5) is 17.6 Å². The molecule has 0 fully saturated rings. The van der Waals surface area contributed by atoms with E-state index < -0.39 is 29.4 Å². The summed E-state index contributed by atoms with van der Waals surface area (Å²) in [6, 6.07) is 8.40. The zero-order valence-corrected chi connectivity index (χ0v) is 16.7.